The highest BCUT2D eigenvalue weighted by atomic mass is 19.1. The van der Waals surface area contributed by atoms with Crippen LogP contribution in [0.1, 0.15) is 42.5 Å². The van der Waals surface area contributed by atoms with Gasteiger partial charge in [0.15, 0.2) is 6.29 Å². The fourth-order valence-electron chi connectivity index (χ4n) is 3.25. The van der Waals surface area contributed by atoms with Crippen LogP contribution < -0.4 is 4.74 Å². The summed E-state index contributed by atoms with van der Waals surface area (Å²) in [6, 6.07) is 4.63. The zero-order chi connectivity index (χ0) is 19.2. The van der Waals surface area contributed by atoms with Crippen molar-refractivity contribution in [3.05, 3.63) is 42.0 Å². The van der Waals surface area contributed by atoms with Gasteiger partial charge in [-0.3, -0.25) is 9.59 Å². The molecule has 0 radical (unpaired) electrons. The molecule has 3 rings (SSSR count). The van der Waals surface area contributed by atoms with E-state index >= 15 is 0 Å². The SMILES string of the molecule is COC(=O)CC1CCC(Oc2ncc(-c3ccc(C=O)c(F)c3)cn2)CC1. The molecule has 27 heavy (non-hydrogen) atoms. The molecule has 2 aromatic rings. The molecule has 1 aromatic carbocycles. The number of carbonyl (C=O) groups is 2. The summed E-state index contributed by atoms with van der Waals surface area (Å²) in [5.41, 5.74) is 1.25. The van der Waals surface area contributed by atoms with E-state index in [4.69, 9.17) is 9.47 Å². The van der Waals surface area contributed by atoms with E-state index in [0.717, 1.165) is 25.7 Å². The topological polar surface area (TPSA) is 78.4 Å². The summed E-state index contributed by atoms with van der Waals surface area (Å²) in [6.45, 7) is 0. The van der Waals surface area contributed by atoms with E-state index in [1.165, 1.54) is 19.2 Å². The van der Waals surface area contributed by atoms with Crippen molar-refractivity contribution in [1.82, 2.24) is 9.97 Å². The first-order chi connectivity index (χ1) is 13.1. The first-order valence-corrected chi connectivity index (χ1v) is 8.89. The number of halogens is 1. The third-order valence-corrected chi connectivity index (χ3v) is 4.84. The number of carbonyl (C=O) groups excluding carboxylic acids is 2. The first kappa shape index (κ1) is 18.9. The second-order valence-electron chi connectivity index (χ2n) is 6.65. The van der Waals surface area contributed by atoms with Gasteiger partial charge in [0.1, 0.15) is 11.9 Å². The Bertz CT molecular complexity index is 802. The molecule has 1 aromatic heterocycles. The quantitative estimate of drug-likeness (QED) is 0.569. The Morgan fingerprint density at radius 3 is 2.48 bits per heavy atom. The summed E-state index contributed by atoms with van der Waals surface area (Å²) < 4.78 is 24.3. The van der Waals surface area contributed by atoms with Crippen molar-refractivity contribution < 1.29 is 23.5 Å². The van der Waals surface area contributed by atoms with Crippen LogP contribution in [-0.4, -0.2) is 35.4 Å². The van der Waals surface area contributed by atoms with E-state index in [0.29, 0.717) is 29.8 Å². The third-order valence-electron chi connectivity index (χ3n) is 4.84. The molecular weight excluding hydrogens is 351 g/mol. The fraction of sp³-hybridized carbons (Fsp3) is 0.400. The molecule has 0 amide bonds. The van der Waals surface area contributed by atoms with Crippen molar-refractivity contribution in [1.29, 1.82) is 0 Å². The molecule has 1 saturated carbocycles. The van der Waals surface area contributed by atoms with Crippen LogP contribution in [0.25, 0.3) is 11.1 Å². The van der Waals surface area contributed by atoms with Crippen LogP contribution >= 0.6 is 0 Å². The van der Waals surface area contributed by atoms with Crippen molar-refractivity contribution >= 4 is 12.3 Å². The molecule has 1 heterocycles. The number of ether oxygens (including phenoxy) is 2. The van der Waals surface area contributed by atoms with Gasteiger partial charge in [-0.2, -0.15) is 0 Å². The van der Waals surface area contributed by atoms with Crippen molar-refractivity contribution in [2.24, 2.45) is 5.92 Å². The summed E-state index contributed by atoms with van der Waals surface area (Å²) in [6.07, 6.45) is 7.58. The summed E-state index contributed by atoms with van der Waals surface area (Å²) in [5, 5.41) is 0. The molecular formula is C20H21FN2O4. The van der Waals surface area contributed by atoms with Gasteiger partial charge < -0.3 is 9.47 Å². The number of hydrogen-bond donors (Lipinski definition) is 0. The summed E-state index contributed by atoms with van der Waals surface area (Å²) >= 11 is 0. The van der Waals surface area contributed by atoms with Gasteiger partial charge in [-0.15, -0.1) is 0 Å². The van der Waals surface area contributed by atoms with Gasteiger partial charge in [-0.25, -0.2) is 14.4 Å². The second-order valence-corrected chi connectivity index (χ2v) is 6.65. The lowest BCUT2D eigenvalue weighted by atomic mass is 9.85. The van der Waals surface area contributed by atoms with E-state index in [1.54, 1.807) is 18.5 Å². The molecule has 1 aliphatic rings. The molecule has 1 aliphatic carbocycles. The van der Waals surface area contributed by atoms with Gasteiger partial charge >= 0.3 is 12.0 Å². The lowest BCUT2D eigenvalue weighted by Gasteiger charge is -2.27. The lowest BCUT2D eigenvalue weighted by Crippen LogP contribution is -2.26. The lowest BCUT2D eigenvalue weighted by molar-refractivity contribution is -0.142. The van der Waals surface area contributed by atoms with Crippen molar-refractivity contribution in [3.63, 3.8) is 0 Å². The highest BCUT2D eigenvalue weighted by molar-refractivity contribution is 5.77. The number of nitrogens with zero attached hydrogens (tertiary/aromatic N) is 2. The van der Waals surface area contributed by atoms with Crippen LogP contribution in [0.4, 0.5) is 4.39 Å². The zero-order valence-corrected chi connectivity index (χ0v) is 15.1. The molecule has 0 N–H and O–H groups in total. The summed E-state index contributed by atoms with van der Waals surface area (Å²) in [7, 11) is 1.41. The van der Waals surface area contributed by atoms with Gasteiger partial charge in [-0.1, -0.05) is 6.07 Å². The number of methoxy groups -OCH3 is 1. The monoisotopic (exact) mass is 372 g/mol. The zero-order valence-electron chi connectivity index (χ0n) is 15.1. The van der Waals surface area contributed by atoms with Crippen LogP contribution in [0.2, 0.25) is 0 Å². The Labute approximate surface area is 156 Å². The van der Waals surface area contributed by atoms with Crippen molar-refractivity contribution in [3.8, 4) is 17.1 Å². The normalized spacial score (nSPS) is 19.3. The number of hydrogen-bond acceptors (Lipinski definition) is 6. The van der Waals surface area contributed by atoms with E-state index in [9.17, 15) is 14.0 Å². The summed E-state index contributed by atoms with van der Waals surface area (Å²) in [4.78, 5) is 30.4. The highest BCUT2D eigenvalue weighted by Crippen LogP contribution is 2.29. The average molecular weight is 372 g/mol. The maximum Gasteiger partial charge on any atom is 0.316 e. The Morgan fingerprint density at radius 1 is 1.19 bits per heavy atom. The predicted molar refractivity (Wildman–Crippen MR) is 95.8 cm³/mol. The molecule has 0 bridgehead atoms. The predicted octanol–water partition coefficient (Wildman–Crippen LogP) is 3.60. The van der Waals surface area contributed by atoms with Crippen LogP contribution in [0.15, 0.2) is 30.6 Å². The molecule has 0 atom stereocenters. The summed E-state index contributed by atoms with van der Waals surface area (Å²) in [5.74, 6) is -0.410. The highest BCUT2D eigenvalue weighted by Gasteiger charge is 2.25. The van der Waals surface area contributed by atoms with Crippen LogP contribution in [0.5, 0.6) is 6.01 Å². The fourth-order valence-corrected chi connectivity index (χ4v) is 3.25. The standard InChI is InChI=1S/C20H21FN2O4/c1-26-19(25)8-13-2-6-17(7-3-13)27-20-22-10-16(11-23-20)14-4-5-15(12-24)18(21)9-14/h4-5,9-13,17H,2-3,6-8H2,1H3. The van der Waals surface area contributed by atoms with Gasteiger partial charge in [-0.05, 0) is 49.3 Å². The minimum Gasteiger partial charge on any atom is -0.469 e. The molecule has 0 aliphatic heterocycles. The minimum absolute atomic E-state index is 0.0161. The van der Waals surface area contributed by atoms with E-state index in [1.807, 2.05) is 0 Å². The molecule has 7 heteroatoms. The van der Waals surface area contributed by atoms with E-state index in [2.05, 4.69) is 9.97 Å². The van der Waals surface area contributed by atoms with Crippen LogP contribution in [0, 0.1) is 11.7 Å². The van der Waals surface area contributed by atoms with Crippen molar-refractivity contribution in [2.45, 2.75) is 38.2 Å². The van der Waals surface area contributed by atoms with Gasteiger partial charge in [0.2, 0.25) is 0 Å². The van der Waals surface area contributed by atoms with Crippen LogP contribution in [0.3, 0.4) is 0 Å². The average Bonchev–Trinajstić information content (AvgIpc) is 2.70. The first-order valence-electron chi connectivity index (χ1n) is 8.89. The van der Waals surface area contributed by atoms with Gasteiger partial charge in [0, 0.05) is 24.4 Å². The second kappa shape index (κ2) is 8.70. The Hall–Kier alpha value is -2.83. The number of esters is 1. The molecule has 1 fully saturated rings. The van der Waals surface area contributed by atoms with Gasteiger partial charge in [0.25, 0.3) is 0 Å². The maximum atomic E-state index is 13.7. The maximum absolute atomic E-state index is 13.7. The number of aldehydes is 1. The van der Waals surface area contributed by atoms with E-state index < -0.39 is 5.82 Å². The number of rotatable bonds is 6. The van der Waals surface area contributed by atoms with Crippen molar-refractivity contribution in [2.75, 3.05) is 7.11 Å². The molecule has 0 spiro atoms. The van der Waals surface area contributed by atoms with E-state index in [-0.39, 0.29) is 23.6 Å². The minimum atomic E-state index is -0.577. The molecule has 0 saturated heterocycles. The number of benzene rings is 1. The number of aromatic nitrogens is 2. The Kier molecular flexibility index (Phi) is 6.11. The molecule has 0 unspecified atom stereocenters. The largest absolute Gasteiger partial charge is 0.469 e. The Balaban J connectivity index is 1.56. The third kappa shape index (κ3) is 4.87. The smallest absolute Gasteiger partial charge is 0.316 e. The van der Waals surface area contributed by atoms with Crippen LogP contribution in [-0.2, 0) is 9.53 Å². The molecule has 142 valence electrons. The molecule has 6 nitrogen and oxygen atoms in total. The van der Waals surface area contributed by atoms with Gasteiger partial charge in [0.05, 0.1) is 12.7 Å². The Morgan fingerprint density at radius 2 is 1.89 bits per heavy atom.